The summed E-state index contributed by atoms with van der Waals surface area (Å²) >= 11 is 0. The second-order valence-corrected chi connectivity index (χ2v) is 8.14. The van der Waals surface area contributed by atoms with Crippen molar-refractivity contribution in [2.75, 3.05) is 18.6 Å². The Morgan fingerprint density at radius 3 is 2.71 bits per heavy atom. The molecule has 0 bridgehead atoms. The first-order valence-electron chi connectivity index (χ1n) is 7.35. The number of hydrogen-bond donors (Lipinski definition) is 0. The molecule has 0 amide bonds. The van der Waals surface area contributed by atoms with E-state index >= 15 is 0 Å². The molecule has 1 aromatic rings. The number of aromatic nitrogens is 2. The van der Waals surface area contributed by atoms with Gasteiger partial charge in [-0.05, 0) is 25.7 Å². The van der Waals surface area contributed by atoms with Crippen molar-refractivity contribution in [3.05, 3.63) is 17.7 Å². The van der Waals surface area contributed by atoms with Crippen molar-refractivity contribution < 1.29 is 17.9 Å². The number of carbonyl (C=O) groups is 1. The number of ether oxygens (including phenoxy) is 1. The standard InChI is InChI=1S/C14H20N2O4S/c1-20-14(17)11-3-2-6-16-12(11)9-15-13(16)10-4-7-21(18,19)8-5-10/h9-11H,2-8H2,1H3. The molecule has 0 N–H and O–H groups in total. The van der Waals surface area contributed by atoms with Crippen LogP contribution in [0.2, 0.25) is 0 Å². The van der Waals surface area contributed by atoms with Crippen LogP contribution in [0.3, 0.4) is 0 Å². The number of methoxy groups -OCH3 is 1. The zero-order valence-electron chi connectivity index (χ0n) is 12.1. The van der Waals surface area contributed by atoms with Crippen LogP contribution in [0.5, 0.6) is 0 Å². The monoisotopic (exact) mass is 312 g/mol. The van der Waals surface area contributed by atoms with Crippen LogP contribution in [0.25, 0.3) is 0 Å². The van der Waals surface area contributed by atoms with E-state index in [1.165, 1.54) is 7.11 Å². The number of esters is 1. The molecule has 0 aromatic carbocycles. The highest BCUT2D eigenvalue weighted by Crippen LogP contribution is 2.34. The highest BCUT2D eigenvalue weighted by Gasteiger charge is 2.33. The summed E-state index contributed by atoms with van der Waals surface area (Å²) in [6, 6.07) is 0. The maximum Gasteiger partial charge on any atom is 0.314 e. The minimum Gasteiger partial charge on any atom is -0.469 e. The van der Waals surface area contributed by atoms with Gasteiger partial charge in [-0.15, -0.1) is 0 Å². The lowest BCUT2D eigenvalue weighted by molar-refractivity contribution is -0.143. The van der Waals surface area contributed by atoms with Crippen molar-refractivity contribution in [1.82, 2.24) is 9.55 Å². The fourth-order valence-corrected chi connectivity index (χ4v) is 4.87. The van der Waals surface area contributed by atoms with E-state index in [0.717, 1.165) is 30.9 Å². The van der Waals surface area contributed by atoms with Crippen molar-refractivity contribution in [3.8, 4) is 0 Å². The van der Waals surface area contributed by atoms with Crippen LogP contribution in [-0.2, 0) is 25.9 Å². The molecule has 21 heavy (non-hydrogen) atoms. The van der Waals surface area contributed by atoms with Gasteiger partial charge in [0.1, 0.15) is 15.7 Å². The Hall–Kier alpha value is -1.37. The van der Waals surface area contributed by atoms with E-state index in [1.807, 2.05) is 0 Å². The Morgan fingerprint density at radius 1 is 1.33 bits per heavy atom. The first-order valence-corrected chi connectivity index (χ1v) is 9.17. The Balaban J connectivity index is 1.86. The molecule has 1 saturated heterocycles. The van der Waals surface area contributed by atoms with E-state index in [2.05, 4.69) is 9.55 Å². The molecule has 0 aliphatic carbocycles. The van der Waals surface area contributed by atoms with Gasteiger partial charge in [-0.1, -0.05) is 0 Å². The van der Waals surface area contributed by atoms with E-state index < -0.39 is 9.84 Å². The molecule has 3 rings (SSSR count). The lowest BCUT2D eigenvalue weighted by Crippen LogP contribution is -2.27. The van der Waals surface area contributed by atoms with Crippen molar-refractivity contribution in [3.63, 3.8) is 0 Å². The third-order valence-corrected chi connectivity index (χ3v) is 6.27. The number of fused-ring (bicyclic) bond motifs is 1. The van der Waals surface area contributed by atoms with Gasteiger partial charge in [0.25, 0.3) is 0 Å². The van der Waals surface area contributed by atoms with Gasteiger partial charge >= 0.3 is 5.97 Å². The van der Waals surface area contributed by atoms with Crippen LogP contribution in [0.4, 0.5) is 0 Å². The maximum atomic E-state index is 11.9. The van der Waals surface area contributed by atoms with Crippen molar-refractivity contribution >= 4 is 15.8 Å². The summed E-state index contributed by atoms with van der Waals surface area (Å²) in [6.45, 7) is 0.849. The molecule has 0 radical (unpaired) electrons. The number of rotatable bonds is 2. The van der Waals surface area contributed by atoms with Gasteiger partial charge in [0.05, 0.1) is 30.2 Å². The second-order valence-electron chi connectivity index (χ2n) is 5.84. The molecular weight excluding hydrogens is 292 g/mol. The first-order chi connectivity index (χ1) is 10.0. The molecule has 1 unspecified atom stereocenters. The number of hydrogen-bond acceptors (Lipinski definition) is 5. The molecule has 7 heteroatoms. The van der Waals surface area contributed by atoms with E-state index in [9.17, 15) is 13.2 Å². The van der Waals surface area contributed by atoms with E-state index in [0.29, 0.717) is 12.8 Å². The Labute approximate surface area is 124 Å². The smallest absolute Gasteiger partial charge is 0.314 e. The molecule has 0 spiro atoms. The van der Waals surface area contributed by atoms with E-state index in [-0.39, 0.29) is 29.3 Å². The van der Waals surface area contributed by atoms with Gasteiger partial charge in [0.15, 0.2) is 0 Å². The fourth-order valence-electron chi connectivity index (χ4n) is 3.38. The number of carbonyl (C=O) groups excluding carboxylic acids is 1. The highest BCUT2D eigenvalue weighted by atomic mass is 32.2. The third-order valence-electron chi connectivity index (χ3n) is 4.55. The topological polar surface area (TPSA) is 78.3 Å². The number of nitrogens with zero attached hydrogens (tertiary/aromatic N) is 2. The summed E-state index contributed by atoms with van der Waals surface area (Å²) in [6.07, 6.45) is 4.72. The molecule has 1 aromatic heterocycles. The Bertz CT molecular complexity index is 636. The summed E-state index contributed by atoms with van der Waals surface area (Å²) in [5.74, 6) is 1.14. The molecule has 1 atom stereocenters. The normalized spacial score (nSPS) is 25.3. The molecule has 116 valence electrons. The van der Waals surface area contributed by atoms with Crippen LogP contribution < -0.4 is 0 Å². The van der Waals surface area contributed by atoms with Crippen molar-refractivity contribution in [2.24, 2.45) is 0 Å². The van der Waals surface area contributed by atoms with Crippen molar-refractivity contribution in [1.29, 1.82) is 0 Å². The average molecular weight is 312 g/mol. The van der Waals surface area contributed by atoms with E-state index in [4.69, 9.17) is 4.74 Å². The van der Waals surface area contributed by atoms with Crippen molar-refractivity contribution in [2.45, 2.75) is 44.1 Å². The first kappa shape index (κ1) is 14.6. The zero-order chi connectivity index (χ0) is 15.0. The van der Waals surface area contributed by atoms with Crippen LogP contribution >= 0.6 is 0 Å². The van der Waals surface area contributed by atoms with E-state index in [1.54, 1.807) is 6.20 Å². The van der Waals surface area contributed by atoms with Gasteiger partial charge in [0.2, 0.25) is 0 Å². The second kappa shape index (κ2) is 5.44. The summed E-state index contributed by atoms with van der Waals surface area (Å²) in [7, 11) is -1.46. The van der Waals surface area contributed by atoms with Gasteiger partial charge in [0, 0.05) is 18.7 Å². The zero-order valence-corrected chi connectivity index (χ0v) is 12.9. The van der Waals surface area contributed by atoms with Crippen LogP contribution in [-0.4, -0.2) is 42.6 Å². The van der Waals surface area contributed by atoms with Crippen LogP contribution in [0, 0.1) is 0 Å². The number of sulfone groups is 1. The molecule has 2 aliphatic rings. The maximum absolute atomic E-state index is 11.9. The SMILES string of the molecule is COC(=O)C1CCCn2c1cnc2C1CCS(=O)(=O)CC1. The Kier molecular flexibility index (Phi) is 3.77. The Morgan fingerprint density at radius 2 is 2.05 bits per heavy atom. The lowest BCUT2D eigenvalue weighted by Gasteiger charge is -2.27. The summed E-state index contributed by atoms with van der Waals surface area (Å²) in [5, 5.41) is 0. The molecule has 3 heterocycles. The summed E-state index contributed by atoms with van der Waals surface area (Å²) in [4.78, 5) is 16.4. The predicted octanol–water partition coefficient (Wildman–Crippen LogP) is 1.23. The van der Waals surface area contributed by atoms with Gasteiger partial charge in [-0.25, -0.2) is 13.4 Å². The lowest BCUT2D eigenvalue weighted by atomic mass is 9.95. The minimum absolute atomic E-state index is 0.179. The molecule has 6 nitrogen and oxygen atoms in total. The number of imidazole rings is 1. The highest BCUT2D eigenvalue weighted by molar-refractivity contribution is 7.91. The third kappa shape index (κ3) is 2.71. The van der Waals surface area contributed by atoms with Crippen LogP contribution in [0.15, 0.2) is 6.20 Å². The molecule has 0 saturated carbocycles. The summed E-state index contributed by atoms with van der Waals surface area (Å²) < 4.78 is 30.1. The molecular formula is C14H20N2O4S. The summed E-state index contributed by atoms with van der Waals surface area (Å²) in [5.41, 5.74) is 0.913. The minimum atomic E-state index is -2.87. The fraction of sp³-hybridized carbons (Fsp3) is 0.714. The predicted molar refractivity (Wildman–Crippen MR) is 76.8 cm³/mol. The van der Waals surface area contributed by atoms with Gasteiger partial charge in [-0.3, -0.25) is 4.79 Å². The quantitative estimate of drug-likeness (QED) is 0.767. The molecule has 2 aliphatic heterocycles. The largest absolute Gasteiger partial charge is 0.469 e. The van der Waals surface area contributed by atoms with Gasteiger partial charge in [-0.2, -0.15) is 0 Å². The van der Waals surface area contributed by atoms with Gasteiger partial charge < -0.3 is 9.30 Å². The van der Waals surface area contributed by atoms with Crippen LogP contribution in [0.1, 0.15) is 49.0 Å². The average Bonchev–Trinajstić information content (AvgIpc) is 2.90. The molecule has 1 fully saturated rings.